The van der Waals surface area contributed by atoms with Crippen LogP contribution in [0.2, 0.25) is 0 Å². The molecule has 2 fully saturated rings. The fourth-order valence-corrected chi connectivity index (χ4v) is 7.14. The van der Waals surface area contributed by atoms with Crippen molar-refractivity contribution in [2.45, 2.75) is 169 Å². The van der Waals surface area contributed by atoms with Crippen molar-refractivity contribution in [3.05, 3.63) is 57.6 Å². The van der Waals surface area contributed by atoms with E-state index in [-0.39, 0.29) is 74.7 Å². The second-order valence-corrected chi connectivity index (χ2v) is 21.1. The molecule has 1 aliphatic heterocycles. The normalized spacial score (nSPS) is 19.0. The Balaban J connectivity index is -0.00000123. The number of phenolic OH excluding ortho intramolecular Hbond substituents is 2. The van der Waals surface area contributed by atoms with Crippen LogP contribution >= 0.6 is 0 Å². The first-order chi connectivity index (χ1) is 29.6. The fraction of sp³-hybridized carbons (Fsp3) is 0.609. The van der Waals surface area contributed by atoms with E-state index >= 15 is 0 Å². The van der Waals surface area contributed by atoms with Crippen LogP contribution in [-0.4, -0.2) is 113 Å². The van der Waals surface area contributed by atoms with Crippen molar-refractivity contribution >= 4 is 59.0 Å². The zero-order valence-electron chi connectivity index (χ0n) is 40.5. The van der Waals surface area contributed by atoms with Gasteiger partial charge in [0.15, 0.2) is 6.61 Å². The van der Waals surface area contributed by atoms with Gasteiger partial charge in [0.25, 0.3) is 5.97 Å². The van der Waals surface area contributed by atoms with Crippen LogP contribution in [0, 0.1) is 0 Å². The minimum atomic E-state index is -2.29. The third-order valence-electron chi connectivity index (χ3n) is 9.67. The Hall–Kier alpha value is -3.59. The Morgan fingerprint density at radius 1 is 0.691 bits per heavy atom. The number of aliphatic carboxylic acids is 4. The Bertz CT molecular complexity index is 1960. The number of hydrogen-bond acceptors (Lipinski definition) is 14. The van der Waals surface area contributed by atoms with Gasteiger partial charge in [0.2, 0.25) is 12.2 Å². The van der Waals surface area contributed by atoms with Crippen LogP contribution in [0.3, 0.4) is 0 Å². The molecule has 1 saturated heterocycles. The van der Waals surface area contributed by atoms with E-state index in [0.29, 0.717) is 11.5 Å². The van der Waals surface area contributed by atoms with Crippen LogP contribution in [0.4, 0.5) is 0 Å². The predicted octanol–water partition coefficient (Wildman–Crippen LogP) is 7.69. The summed E-state index contributed by atoms with van der Waals surface area (Å²) >= 11 is -4.21. The van der Waals surface area contributed by atoms with Gasteiger partial charge < -0.3 is 30.6 Å². The summed E-state index contributed by atoms with van der Waals surface area (Å²) < 4.78 is 37.1. The molecule has 2 aromatic carbocycles. The molecule has 0 bridgehead atoms. The quantitative estimate of drug-likeness (QED) is 0.124. The van der Waals surface area contributed by atoms with Crippen molar-refractivity contribution in [1.82, 2.24) is 0 Å². The molecule has 392 valence electrons. The van der Waals surface area contributed by atoms with Gasteiger partial charge in [-0.2, -0.15) is 8.42 Å². The van der Waals surface area contributed by atoms with Gasteiger partial charge in [-0.25, -0.2) is 22.7 Å². The maximum Gasteiger partial charge on any atom is 0.337 e. The minimum absolute atomic E-state index is 0. The smallest absolute Gasteiger partial charge is 0.337 e. The average molecular weight is 1090 g/mol. The van der Waals surface area contributed by atoms with E-state index in [1.165, 1.54) is 11.1 Å². The molecule has 1 heterocycles. The average Bonchev–Trinajstić information content (AvgIpc) is 3.57. The van der Waals surface area contributed by atoms with Gasteiger partial charge in [0, 0.05) is 75.2 Å². The van der Waals surface area contributed by atoms with Crippen molar-refractivity contribution in [3.63, 3.8) is 0 Å². The Morgan fingerprint density at radius 3 is 1.26 bits per heavy atom. The summed E-state index contributed by atoms with van der Waals surface area (Å²) in [6.07, 6.45) is 4.49. The molecule has 6 N–H and O–H groups in total. The van der Waals surface area contributed by atoms with Crippen LogP contribution in [0.1, 0.15) is 156 Å². The first-order valence-corrected chi connectivity index (χ1v) is 22.7. The number of phenols is 2. The summed E-state index contributed by atoms with van der Waals surface area (Å²) in [6.45, 7) is 26.5. The summed E-state index contributed by atoms with van der Waals surface area (Å²) in [6, 6.07) is 8.53. The standard InChI is InChI=1S/C36H54N2O2.C4H4O7S.C3H6O5S.C2H4O2.CH4.2Co/c1-33(2,3)25-17-23(31(39)27(19-25)35(7,8)9)21-37-29-15-13-14-16-30(29)38-22-24-18-26(34(4,5)6)20-28(32(24)40)36(10,11)12;5-3(6)1-2(4(7)8)11-12(9)10-1;1-7-9(6)8-2-3(4)5;1-2(3)4;;;/h17-22,29-30,39-40H,13-16H2,1-12H3;1-2H,(H,5,6)(H,7,8);2H2,1H3,(H,4,5);1H3,(H,3,4);1H4;;/t29-,30-;1-,2-;;;;;/m11...../s1. The van der Waals surface area contributed by atoms with Crippen LogP contribution < -0.4 is 0 Å². The van der Waals surface area contributed by atoms with E-state index < -0.39 is 65.4 Å². The van der Waals surface area contributed by atoms with Gasteiger partial charge >= 0.3 is 40.6 Å². The van der Waals surface area contributed by atoms with Crippen LogP contribution in [0.25, 0.3) is 0 Å². The topological polar surface area (TPSA) is 285 Å². The maximum absolute atomic E-state index is 11.2. The number of hydrogen-bond donors (Lipinski definition) is 6. The zero-order valence-corrected chi connectivity index (χ0v) is 44.2. The minimum Gasteiger partial charge on any atom is -0.507 e. The van der Waals surface area contributed by atoms with E-state index in [0.717, 1.165) is 62.0 Å². The monoisotopic (exact) mass is 1090 g/mol. The van der Waals surface area contributed by atoms with E-state index in [4.69, 9.17) is 35.2 Å². The summed E-state index contributed by atoms with van der Waals surface area (Å²) in [5.74, 6) is -4.42. The maximum atomic E-state index is 11.2. The molecule has 0 amide bonds. The van der Waals surface area contributed by atoms with Gasteiger partial charge in [0.1, 0.15) is 11.5 Å². The van der Waals surface area contributed by atoms with Gasteiger partial charge in [-0.1, -0.05) is 115 Å². The summed E-state index contributed by atoms with van der Waals surface area (Å²) in [7, 11) is 1.15. The fourth-order valence-electron chi connectivity index (χ4n) is 6.09. The Morgan fingerprint density at radius 2 is 1.01 bits per heavy atom. The van der Waals surface area contributed by atoms with Crippen molar-refractivity contribution in [3.8, 4) is 11.5 Å². The molecular formula is C46H72Co2N2O16S2. The number of benzene rings is 2. The Labute approximate surface area is 427 Å². The molecule has 5 atom stereocenters. The molecule has 2 radical (unpaired) electrons. The number of rotatable bonds is 10. The predicted molar refractivity (Wildman–Crippen MR) is 254 cm³/mol. The third kappa shape index (κ3) is 23.3. The number of aromatic hydroxyl groups is 2. The summed E-state index contributed by atoms with van der Waals surface area (Å²) in [4.78, 5) is 49.3. The Kier molecular flexibility index (Phi) is 29.9. The molecule has 1 saturated carbocycles. The van der Waals surface area contributed by atoms with Crippen LogP contribution in [-0.2, 0) is 114 Å². The number of nitrogens with zero attached hydrogens (tertiary/aromatic N) is 2. The van der Waals surface area contributed by atoms with E-state index in [1.807, 2.05) is 12.4 Å². The third-order valence-corrected chi connectivity index (χ3v) is 11.0. The van der Waals surface area contributed by atoms with Crippen LogP contribution in [0.15, 0.2) is 34.3 Å². The number of aliphatic imine (C=N–C) groups is 2. The van der Waals surface area contributed by atoms with Crippen molar-refractivity contribution in [2.75, 3.05) is 13.7 Å². The largest absolute Gasteiger partial charge is 0.507 e. The zero-order chi connectivity index (χ0) is 50.4. The van der Waals surface area contributed by atoms with Gasteiger partial charge in [-0.15, -0.1) is 0 Å². The first-order valence-electron chi connectivity index (χ1n) is 20.7. The van der Waals surface area contributed by atoms with Gasteiger partial charge in [0.05, 0.1) is 19.2 Å². The van der Waals surface area contributed by atoms with Crippen molar-refractivity contribution in [2.24, 2.45) is 9.98 Å². The second-order valence-electron chi connectivity index (χ2n) is 19.4. The van der Waals surface area contributed by atoms with Gasteiger partial charge in [-0.05, 0) is 57.8 Å². The SMILES string of the molecule is C.CC(=O)O.CC(C)(C)c1cc(C=N[C@@H]2CCCC[C@H]2N=Cc2cc(C(C)(C)C)cc(C(C)(C)C)c2O)c(O)c(C(C)(C)C)c1.COS(=O)OCC(=O)O.O=C(O)[C@@H]1OS(=O)O[C@H]1C(=O)O.[Co].[Co]. The molecule has 18 nitrogen and oxygen atoms in total. The van der Waals surface area contributed by atoms with Crippen molar-refractivity contribution in [1.29, 1.82) is 0 Å². The second kappa shape index (κ2) is 29.6. The number of carbonyl (C=O) groups is 4. The molecule has 2 aromatic rings. The number of carboxylic acid groups (broad SMARTS) is 4. The van der Waals surface area contributed by atoms with Crippen LogP contribution in [0.5, 0.6) is 11.5 Å². The van der Waals surface area contributed by atoms with Crippen molar-refractivity contribution < 1.29 is 109 Å². The molecule has 68 heavy (non-hydrogen) atoms. The van der Waals surface area contributed by atoms with Gasteiger partial charge in [-0.3, -0.25) is 23.1 Å². The van der Waals surface area contributed by atoms with E-state index in [9.17, 15) is 33.0 Å². The molecule has 0 spiro atoms. The summed E-state index contributed by atoms with van der Waals surface area (Å²) in [5.41, 5.74) is 5.39. The van der Waals surface area contributed by atoms with E-state index in [1.54, 1.807) is 0 Å². The molecule has 1 unspecified atom stereocenters. The molecular weight excluding hydrogens is 1020 g/mol. The molecule has 22 heteroatoms. The molecule has 0 aromatic heterocycles. The summed E-state index contributed by atoms with van der Waals surface area (Å²) in [5, 5.41) is 54.5. The first kappa shape index (κ1) is 68.7. The molecule has 1 aliphatic carbocycles. The number of carboxylic acids is 4. The molecule has 4 rings (SSSR count). The van der Waals surface area contributed by atoms with E-state index in [2.05, 4.69) is 124 Å². The molecule has 2 aliphatic rings.